The third kappa shape index (κ3) is 2.80. The quantitative estimate of drug-likeness (QED) is 0.943. The molecule has 2 aromatic rings. The van der Waals surface area contributed by atoms with E-state index in [-0.39, 0.29) is 16.2 Å². The number of hydrogen-bond acceptors (Lipinski definition) is 4. The highest BCUT2D eigenvalue weighted by Crippen LogP contribution is 2.24. The van der Waals surface area contributed by atoms with Crippen LogP contribution in [-0.2, 0) is 0 Å². The number of halogens is 2. The van der Waals surface area contributed by atoms with Crippen LogP contribution in [-0.4, -0.2) is 21.0 Å². The number of ether oxygens (including phenoxy) is 1. The molecule has 0 amide bonds. The monoisotopic (exact) mass is 312 g/mol. The van der Waals surface area contributed by atoms with Crippen molar-refractivity contribution in [2.24, 2.45) is 0 Å². The van der Waals surface area contributed by atoms with Gasteiger partial charge in [0.2, 0.25) is 0 Å². The van der Waals surface area contributed by atoms with Crippen molar-refractivity contribution in [1.29, 1.82) is 0 Å². The third-order valence-corrected chi connectivity index (χ3v) is 2.56. The molecule has 0 aliphatic heterocycles. The first-order chi connectivity index (χ1) is 8.56. The lowest BCUT2D eigenvalue weighted by atomic mass is 10.3. The molecule has 1 N–H and O–H groups in total. The standard InChI is InChI=1S/C11H6BrFN2O3/c12-7-5-6(1-2-8(7)13)18-11-14-4-3-9(15-11)10(16)17/h1-5H,(H,16,17). The van der Waals surface area contributed by atoms with Crippen molar-refractivity contribution in [2.75, 3.05) is 0 Å². The molecule has 1 heterocycles. The average molecular weight is 313 g/mol. The maximum atomic E-state index is 13.0. The van der Waals surface area contributed by atoms with E-state index >= 15 is 0 Å². The number of hydrogen-bond donors (Lipinski definition) is 1. The molecule has 0 saturated carbocycles. The Labute approximate surface area is 109 Å². The van der Waals surface area contributed by atoms with Gasteiger partial charge in [-0.05, 0) is 40.2 Å². The van der Waals surface area contributed by atoms with Gasteiger partial charge in [-0.15, -0.1) is 0 Å². The van der Waals surface area contributed by atoms with E-state index in [1.54, 1.807) is 0 Å². The van der Waals surface area contributed by atoms with Crippen molar-refractivity contribution in [3.05, 3.63) is 46.4 Å². The van der Waals surface area contributed by atoms with Crippen LogP contribution in [0.5, 0.6) is 11.8 Å². The summed E-state index contributed by atoms with van der Waals surface area (Å²) in [6.07, 6.45) is 1.27. The Morgan fingerprint density at radius 2 is 2.17 bits per heavy atom. The Balaban J connectivity index is 2.25. The van der Waals surface area contributed by atoms with Crippen LogP contribution in [0.15, 0.2) is 34.9 Å². The van der Waals surface area contributed by atoms with Crippen molar-refractivity contribution < 1.29 is 19.0 Å². The molecule has 1 aromatic carbocycles. The van der Waals surface area contributed by atoms with Crippen molar-refractivity contribution in [3.63, 3.8) is 0 Å². The van der Waals surface area contributed by atoms with Crippen molar-refractivity contribution in [3.8, 4) is 11.8 Å². The molecular weight excluding hydrogens is 307 g/mol. The Hall–Kier alpha value is -2.02. The summed E-state index contributed by atoms with van der Waals surface area (Å²) in [6.45, 7) is 0. The Morgan fingerprint density at radius 3 is 2.83 bits per heavy atom. The molecule has 0 bridgehead atoms. The van der Waals surface area contributed by atoms with Gasteiger partial charge in [0.25, 0.3) is 0 Å². The fraction of sp³-hybridized carbons (Fsp3) is 0. The maximum Gasteiger partial charge on any atom is 0.354 e. The molecule has 2 rings (SSSR count). The van der Waals surface area contributed by atoms with E-state index in [4.69, 9.17) is 9.84 Å². The fourth-order valence-corrected chi connectivity index (χ4v) is 1.51. The Bertz CT molecular complexity index is 607. The Kier molecular flexibility index (Phi) is 3.52. The summed E-state index contributed by atoms with van der Waals surface area (Å²) in [7, 11) is 0. The van der Waals surface area contributed by atoms with E-state index in [1.165, 1.54) is 30.5 Å². The lowest BCUT2D eigenvalue weighted by Crippen LogP contribution is -2.02. The van der Waals surface area contributed by atoms with E-state index in [0.717, 1.165) is 0 Å². The summed E-state index contributed by atoms with van der Waals surface area (Å²) >= 11 is 3.01. The van der Waals surface area contributed by atoms with E-state index < -0.39 is 11.8 Å². The predicted octanol–water partition coefficient (Wildman–Crippen LogP) is 2.87. The number of carbonyl (C=O) groups is 1. The van der Waals surface area contributed by atoms with E-state index in [0.29, 0.717) is 5.75 Å². The fourth-order valence-electron chi connectivity index (χ4n) is 1.15. The van der Waals surface area contributed by atoms with Gasteiger partial charge in [-0.25, -0.2) is 14.2 Å². The number of aromatic nitrogens is 2. The van der Waals surface area contributed by atoms with Crippen LogP contribution in [0.2, 0.25) is 0 Å². The molecule has 0 radical (unpaired) electrons. The van der Waals surface area contributed by atoms with Gasteiger partial charge in [0.15, 0.2) is 5.69 Å². The van der Waals surface area contributed by atoms with Crippen LogP contribution in [0.1, 0.15) is 10.5 Å². The molecule has 92 valence electrons. The first kappa shape index (κ1) is 12.4. The van der Waals surface area contributed by atoms with Gasteiger partial charge < -0.3 is 9.84 Å². The topological polar surface area (TPSA) is 72.3 Å². The molecule has 5 nitrogen and oxygen atoms in total. The molecule has 0 aliphatic carbocycles. The van der Waals surface area contributed by atoms with Gasteiger partial charge in [-0.1, -0.05) is 0 Å². The molecule has 0 fully saturated rings. The molecule has 7 heteroatoms. The van der Waals surface area contributed by atoms with Gasteiger partial charge in [0, 0.05) is 6.20 Å². The number of rotatable bonds is 3. The maximum absolute atomic E-state index is 13.0. The number of nitrogens with zero attached hydrogens (tertiary/aromatic N) is 2. The van der Waals surface area contributed by atoms with Gasteiger partial charge in [0.1, 0.15) is 11.6 Å². The second kappa shape index (κ2) is 5.09. The van der Waals surface area contributed by atoms with Gasteiger partial charge in [-0.2, -0.15) is 4.98 Å². The van der Waals surface area contributed by atoms with Gasteiger partial charge in [-0.3, -0.25) is 0 Å². The highest BCUT2D eigenvalue weighted by molar-refractivity contribution is 9.10. The summed E-state index contributed by atoms with van der Waals surface area (Å²) in [6, 6.07) is 5.12. The highest BCUT2D eigenvalue weighted by Gasteiger charge is 2.08. The lowest BCUT2D eigenvalue weighted by molar-refractivity contribution is 0.0689. The summed E-state index contributed by atoms with van der Waals surface area (Å²) in [5, 5.41) is 8.75. The van der Waals surface area contributed by atoms with Crippen molar-refractivity contribution >= 4 is 21.9 Å². The summed E-state index contributed by atoms with van der Waals surface area (Å²) in [5.41, 5.74) is -0.179. The summed E-state index contributed by atoms with van der Waals surface area (Å²) < 4.78 is 18.4. The van der Waals surface area contributed by atoms with E-state index in [9.17, 15) is 9.18 Å². The number of benzene rings is 1. The molecule has 0 aliphatic rings. The molecule has 1 aromatic heterocycles. The van der Waals surface area contributed by atoms with Crippen LogP contribution < -0.4 is 4.74 Å². The second-order valence-electron chi connectivity index (χ2n) is 3.21. The number of carboxylic acids is 1. The van der Waals surface area contributed by atoms with Gasteiger partial charge in [0.05, 0.1) is 4.47 Å². The summed E-state index contributed by atoms with van der Waals surface area (Å²) in [4.78, 5) is 18.1. The highest BCUT2D eigenvalue weighted by atomic mass is 79.9. The lowest BCUT2D eigenvalue weighted by Gasteiger charge is -2.04. The molecule has 0 atom stereocenters. The molecule has 0 saturated heterocycles. The van der Waals surface area contributed by atoms with E-state index in [1.807, 2.05) is 0 Å². The van der Waals surface area contributed by atoms with Crippen LogP contribution in [0, 0.1) is 5.82 Å². The smallest absolute Gasteiger partial charge is 0.354 e. The molecule has 18 heavy (non-hydrogen) atoms. The predicted molar refractivity (Wildman–Crippen MR) is 63.2 cm³/mol. The first-order valence-electron chi connectivity index (χ1n) is 4.75. The largest absolute Gasteiger partial charge is 0.477 e. The van der Waals surface area contributed by atoms with E-state index in [2.05, 4.69) is 25.9 Å². The van der Waals surface area contributed by atoms with Crippen LogP contribution in [0.25, 0.3) is 0 Å². The molecule has 0 spiro atoms. The zero-order chi connectivity index (χ0) is 13.1. The minimum atomic E-state index is -1.18. The zero-order valence-electron chi connectivity index (χ0n) is 8.80. The number of aromatic carboxylic acids is 1. The van der Waals surface area contributed by atoms with Crippen LogP contribution >= 0.6 is 15.9 Å². The van der Waals surface area contributed by atoms with Crippen LogP contribution in [0.4, 0.5) is 4.39 Å². The minimum absolute atomic E-state index is 0.117. The minimum Gasteiger partial charge on any atom is -0.477 e. The molecule has 0 unspecified atom stereocenters. The summed E-state index contributed by atoms with van der Waals surface area (Å²) in [5.74, 6) is -1.31. The van der Waals surface area contributed by atoms with Crippen molar-refractivity contribution in [2.45, 2.75) is 0 Å². The molecular formula is C11H6BrFN2O3. The van der Waals surface area contributed by atoms with Crippen LogP contribution in [0.3, 0.4) is 0 Å². The third-order valence-electron chi connectivity index (χ3n) is 1.95. The van der Waals surface area contributed by atoms with Crippen molar-refractivity contribution in [1.82, 2.24) is 9.97 Å². The SMILES string of the molecule is O=C(O)c1ccnc(Oc2ccc(F)c(Br)c2)n1. The zero-order valence-corrected chi connectivity index (χ0v) is 10.4. The Morgan fingerprint density at radius 1 is 1.39 bits per heavy atom. The first-order valence-corrected chi connectivity index (χ1v) is 5.55. The number of carboxylic acid groups (broad SMARTS) is 1. The van der Waals surface area contributed by atoms with Gasteiger partial charge >= 0.3 is 12.0 Å². The normalized spacial score (nSPS) is 10.1. The average Bonchev–Trinajstić information content (AvgIpc) is 2.34. The second-order valence-corrected chi connectivity index (χ2v) is 4.06.